The molecule has 1 saturated carbocycles. The van der Waals surface area contributed by atoms with E-state index in [-0.39, 0.29) is 36.3 Å². The Kier molecular flexibility index (Phi) is 8.06. The molecule has 0 radical (unpaired) electrons. The SMILES string of the molecule is CSCc1nc2ccccc2n1CC(=O)NC(C)(CN)C1CC1.Cl.Cl. The van der Waals surface area contributed by atoms with Crippen LogP contribution in [0.1, 0.15) is 25.6 Å². The van der Waals surface area contributed by atoms with Crippen molar-refractivity contribution in [2.45, 2.75) is 37.6 Å². The van der Waals surface area contributed by atoms with E-state index in [0.29, 0.717) is 19.0 Å². The molecule has 1 heterocycles. The minimum absolute atomic E-state index is 0. The molecule has 1 amide bonds. The Balaban J connectivity index is 0.00000156. The van der Waals surface area contributed by atoms with Crippen molar-refractivity contribution in [1.29, 1.82) is 0 Å². The van der Waals surface area contributed by atoms with Crippen LogP contribution in [0.2, 0.25) is 0 Å². The maximum atomic E-state index is 12.6. The van der Waals surface area contributed by atoms with Gasteiger partial charge in [-0.2, -0.15) is 11.8 Å². The molecule has 5 nitrogen and oxygen atoms in total. The molecule has 0 aliphatic heterocycles. The van der Waals surface area contributed by atoms with Crippen molar-refractivity contribution in [3.8, 4) is 0 Å². The zero-order valence-electron chi connectivity index (χ0n) is 14.5. The highest BCUT2D eigenvalue weighted by molar-refractivity contribution is 7.97. The lowest BCUT2D eigenvalue weighted by Crippen LogP contribution is -2.54. The predicted molar refractivity (Wildman–Crippen MR) is 110 cm³/mol. The number of rotatable bonds is 7. The number of hydrogen-bond donors (Lipinski definition) is 2. The maximum Gasteiger partial charge on any atom is 0.240 e. The number of nitrogens with zero attached hydrogens (tertiary/aromatic N) is 2. The normalized spacial score (nSPS) is 15.8. The molecule has 3 rings (SSSR count). The molecular weight excluding hydrogens is 379 g/mol. The van der Waals surface area contributed by atoms with Gasteiger partial charge in [0.1, 0.15) is 12.4 Å². The lowest BCUT2D eigenvalue weighted by molar-refractivity contribution is -0.123. The van der Waals surface area contributed by atoms with Crippen LogP contribution in [-0.2, 0) is 17.1 Å². The molecule has 1 aliphatic carbocycles. The van der Waals surface area contributed by atoms with Crippen LogP contribution in [0.3, 0.4) is 0 Å². The molecule has 1 aromatic carbocycles. The number of carbonyl (C=O) groups is 1. The number of halogens is 2. The number of benzene rings is 1. The van der Waals surface area contributed by atoms with Gasteiger partial charge >= 0.3 is 0 Å². The highest BCUT2D eigenvalue weighted by Gasteiger charge is 2.41. The lowest BCUT2D eigenvalue weighted by atomic mass is 9.96. The summed E-state index contributed by atoms with van der Waals surface area (Å²) in [5.41, 5.74) is 7.56. The molecule has 0 saturated heterocycles. The van der Waals surface area contributed by atoms with Gasteiger partial charge in [-0.05, 0) is 44.1 Å². The van der Waals surface area contributed by atoms with Crippen LogP contribution in [0.4, 0.5) is 0 Å². The number of aromatic nitrogens is 2. The van der Waals surface area contributed by atoms with Crippen molar-refractivity contribution < 1.29 is 4.79 Å². The van der Waals surface area contributed by atoms with Crippen LogP contribution in [0.25, 0.3) is 11.0 Å². The summed E-state index contributed by atoms with van der Waals surface area (Å²) in [6, 6.07) is 7.96. The lowest BCUT2D eigenvalue weighted by Gasteiger charge is -2.29. The van der Waals surface area contributed by atoms with E-state index in [1.54, 1.807) is 11.8 Å². The van der Waals surface area contributed by atoms with Crippen LogP contribution in [0.15, 0.2) is 24.3 Å². The Labute approximate surface area is 165 Å². The summed E-state index contributed by atoms with van der Waals surface area (Å²) >= 11 is 1.71. The number of carbonyl (C=O) groups excluding carboxylic acids is 1. The number of nitrogens with two attached hydrogens (primary N) is 1. The second-order valence-electron chi connectivity index (χ2n) is 6.48. The Morgan fingerprint density at radius 1 is 1.40 bits per heavy atom. The predicted octanol–water partition coefficient (Wildman–Crippen LogP) is 2.99. The maximum absolute atomic E-state index is 12.6. The average Bonchev–Trinajstić information content (AvgIpc) is 3.34. The van der Waals surface area contributed by atoms with Crippen LogP contribution in [0.5, 0.6) is 0 Å². The molecule has 2 aromatic rings. The first kappa shape index (κ1) is 22.1. The molecular formula is C17H26Cl2N4OS. The van der Waals surface area contributed by atoms with Gasteiger partial charge in [0.05, 0.1) is 22.3 Å². The van der Waals surface area contributed by atoms with Gasteiger partial charge in [0.15, 0.2) is 0 Å². The molecule has 3 N–H and O–H groups in total. The third-order valence-electron chi connectivity index (χ3n) is 4.64. The topological polar surface area (TPSA) is 72.9 Å². The summed E-state index contributed by atoms with van der Waals surface area (Å²) in [5, 5.41) is 3.16. The monoisotopic (exact) mass is 404 g/mol. The standard InChI is InChI=1S/C17H24N4OS.2ClH/c1-17(11-18,12-7-8-12)20-16(22)9-21-14-6-4-3-5-13(14)19-15(21)10-23-2;;/h3-6,12H,7-11,18H2,1-2H3,(H,20,22);2*1H. The zero-order valence-corrected chi connectivity index (χ0v) is 17.0. The number of thioether (sulfide) groups is 1. The summed E-state index contributed by atoms with van der Waals surface area (Å²) in [6.07, 6.45) is 4.35. The van der Waals surface area contributed by atoms with Crippen molar-refractivity contribution in [3.63, 3.8) is 0 Å². The number of para-hydroxylation sites is 2. The minimum Gasteiger partial charge on any atom is -0.348 e. The van der Waals surface area contributed by atoms with E-state index in [4.69, 9.17) is 5.73 Å². The number of fused-ring (bicyclic) bond motifs is 1. The fourth-order valence-electron chi connectivity index (χ4n) is 3.08. The summed E-state index contributed by atoms with van der Waals surface area (Å²) < 4.78 is 2.02. The third-order valence-corrected chi connectivity index (χ3v) is 5.18. The van der Waals surface area contributed by atoms with Gasteiger partial charge in [-0.3, -0.25) is 4.79 Å². The molecule has 25 heavy (non-hydrogen) atoms. The first-order valence-electron chi connectivity index (χ1n) is 8.01. The van der Waals surface area contributed by atoms with E-state index in [0.717, 1.165) is 35.5 Å². The second-order valence-corrected chi connectivity index (χ2v) is 7.35. The summed E-state index contributed by atoms with van der Waals surface area (Å²) in [5.74, 6) is 2.25. The van der Waals surface area contributed by atoms with E-state index in [2.05, 4.69) is 17.2 Å². The van der Waals surface area contributed by atoms with Gasteiger partial charge in [0.2, 0.25) is 5.91 Å². The Morgan fingerprint density at radius 3 is 2.68 bits per heavy atom. The number of hydrogen-bond acceptors (Lipinski definition) is 4. The fraction of sp³-hybridized carbons (Fsp3) is 0.529. The summed E-state index contributed by atoms with van der Waals surface area (Å²) in [6.45, 7) is 2.82. The zero-order chi connectivity index (χ0) is 16.4. The number of nitrogens with one attached hydrogen (secondary N) is 1. The van der Waals surface area contributed by atoms with Crippen molar-refractivity contribution in [1.82, 2.24) is 14.9 Å². The van der Waals surface area contributed by atoms with Gasteiger partial charge in [-0.15, -0.1) is 24.8 Å². The van der Waals surface area contributed by atoms with Crippen LogP contribution >= 0.6 is 36.6 Å². The van der Waals surface area contributed by atoms with E-state index in [1.165, 1.54) is 0 Å². The van der Waals surface area contributed by atoms with E-state index in [1.807, 2.05) is 35.1 Å². The highest BCUT2D eigenvalue weighted by Crippen LogP contribution is 2.39. The average molecular weight is 405 g/mol. The number of imidazole rings is 1. The van der Waals surface area contributed by atoms with Crippen molar-refractivity contribution in [2.24, 2.45) is 11.7 Å². The Morgan fingerprint density at radius 2 is 2.08 bits per heavy atom. The molecule has 8 heteroatoms. The first-order chi connectivity index (χ1) is 11.1. The van der Waals surface area contributed by atoms with Crippen LogP contribution in [-0.4, -0.2) is 33.8 Å². The van der Waals surface area contributed by atoms with E-state index < -0.39 is 0 Å². The van der Waals surface area contributed by atoms with E-state index >= 15 is 0 Å². The van der Waals surface area contributed by atoms with E-state index in [9.17, 15) is 4.79 Å². The first-order valence-corrected chi connectivity index (χ1v) is 9.41. The van der Waals surface area contributed by atoms with Crippen molar-refractivity contribution in [2.75, 3.05) is 12.8 Å². The van der Waals surface area contributed by atoms with Crippen molar-refractivity contribution in [3.05, 3.63) is 30.1 Å². The van der Waals surface area contributed by atoms with Gasteiger partial charge < -0.3 is 15.6 Å². The second kappa shape index (κ2) is 9.12. The van der Waals surface area contributed by atoms with Crippen LogP contribution in [0, 0.1) is 5.92 Å². The molecule has 0 spiro atoms. The number of amides is 1. The van der Waals surface area contributed by atoms with Gasteiger partial charge in [0.25, 0.3) is 0 Å². The van der Waals surface area contributed by atoms with Gasteiger partial charge in [-0.1, -0.05) is 12.1 Å². The van der Waals surface area contributed by atoms with Crippen molar-refractivity contribution >= 4 is 53.5 Å². The largest absolute Gasteiger partial charge is 0.348 e. The Hall–Kier alpha value is -0.950. The molecule has 1 aromatic heterocycles. The highest BCUT2D eigenvalue weighted by atomic mass is 35.5. The summed E-state index contributed by atoms with van der Waals surface area (Å²) in [7, 11) is 0. The molecule has 140 valence electrons. The molecule has 0 bridgehead atoms. The third kappa shape index (κ3) is 4.82. The molecule has 1 fully saturated rings. The molecule has 1 unspecified atom stereocenters. The quantitative estimate of drug-likeness (QED) is 0.743. The smallest absolute Gasteiger partial charge is 0.240 e. The van der Waals surface area contributed by atoms with Crippen LogP contribution < -0.4 is 11.1 Å². The van der Waals surface area contributed by atoms with Gasteiger partial charge in [-0.25, -0.2) is 4.98 Å². The Bertz CT molecular complexity index is 720. The van der Waals surface area contributed by atoms with Gasteiger partial charge in [0, 0.05) is 6.54 Å². The fourth-order valence-corrected chi connectivity index (χ4v) is 3.56. The summed E-state index contributed by atoms with van der Waals surface area (Å²) in [4.78, 5) is 17.3. The minimum atomic E-state index is -0.285. The molecule has 1 atom stereocenters. The molecule has 1 aliphatic rings.